The van der Waals surface area contributed by atoms with Gasteiger partial charge in [0, 0.05) is 32.4 Å². The van der Waals surface area contributed by atoms with Crippen LogP contribution in [0.25, 0.3) is 0 Å². The topological polar surface area (TPSA) is 25.2 Å². The molecule has 0 aliphatic carbocycles. The first-order chi connectivity index (χ1) is 9.19. The zero-order valence-corrected chi connectivity index (χ0v) is 11.5. The summed E-state index contributed by atoms with van der Waals surface area (Å²) < 4.78 is 1.59. The molecule has 0 radical (unpaired) electrons. The van der Waals surface area contributed by atoms with Gasteiger partial charge >= 0.3 is 0 Å². The monoisotopic (exact) mass is 256 g/mol. The number of hydrogen-bond acceptors (Lipinski definition) is 2. The smallest absolute Gasteiger partial charge is 0.250 e. The van der Waals surface area contributed by atoms with Gasteiger partial charge in [-0.3, -0.25) is 9.69 Å². The van der Waals surface area contributed by atoms with E-state index in [-0.39, 0.29) is 5.56 Å². The molecule has 0 saturated heterocycles. The van der Waals surface area contributed by atoms with Crippen LogP contribution in [0.2, 0.25) is 0 Å². The number of aryl methyl sites for hydroxylation is 1. The van der Waals surface area contributed by atoms with Gasteiger partial charge in [0.1, 0.15) is 0 Å². The van der Waals surface area contributed by atoms with Crippen LogP contribution in [0.4, 0.5) is 0 Å². The lowest BCUT2D eigenvalue weighted by atomic mass is 10.2. The van der Waals surface area contributed by atoms with Crippen molar-refractivity contribution in [2.24, 2.45) is 7.05 Å². The maximum absolute atomic E-state index is 11.6. The summed E-state index contributed by atoms with van der Waals surface area (Å²) in [4.78, 5) is 13.9. The standard InChI is InChI=1S/C16H20N2O/c1-3-18(12-14-7-5-4-6-8-14)13-15-9-10-17(2)16(19)11-15/h4-11H,3,12-13H2,1-2H3. The van der Waals surface area contributed by atoms with Crippen molar-refractivity contribution in [3.05, 3.63) is 70.1 Å². The Morgan fingerprint density at radius 2 is 1.74 bits per heavy atom. The Labute approximate surface area is 114 Å². The van der Waals surface area contributed by atoms with Gasteiger partial charge in [-0.15, -0.1) is 0 Å². The molecule has 100 valence electrons. The average Bonchev–Trinajstić information content (AvgIpc) is 2.43. The highest BCUT2D eigenvalue weighted by Gasteiger charge is 2.05. The fourth-order valence-electron chi connectivity index (χ4n) is 2.07. The van der Waals surface area contributed by atoms with Crippen molar-refractivity contribution in [3.63, 3.8) is 0 Å². The van der Waals surface area contributed by atoms with Gasteiger partial charge in [0.15, 0.2) is 0 Å². The first kappa shape index (κ1) is 13.6. The second-order valence-electron chi connectivity index (χ2n) is 4.77. The van der Waals surface area contributed by atoms with Gasteiger partial charge in [-0.2, -0.15) is 0 Å². The lowest BCUT2D eigenvalue weighted by Gasteiger charge is -2.20. The van der Waals surface area contributed by atoms with E-state index >= 15 is 0 Å². The molecule has 1 heterocycles. The van der Waals surface area contributed by atoms with Gasteiger partial charge in [0.2, 0.25) is 0 Å². The Hall–Kier alpha value is -1.87. The Balaban J connectivity index is 2.06. The molecule has 2 aromatic rings. The Kier molecular flexibility index (Phi) is 4.53. The minimum absolute atomic E-state index is 0.0493. The minimum atomic E-state index is 0.0493. The molecule has 0 unspecified atom stereocenters. The lowest BCUT2D eigenvalue weighted by Crippen LogP contribution is -2.24. The fraction of sp³-hybridized carbons (Fsp3) is 0.312. The zero-order valence-electron chi connectivity index (χ0n) is 11.5. The highest BCUT2D eigenvalue weighted by atomic mass is 16.1. The number of hydrogen-bond donors (Lipinski definition) is 0. The summed E-state index contributed by atoms with van der Waals surface area (Å²) in [5.41, 5.74) is 2.42. The summed E-state index contributed by atoms with van der Waals surface area (Å²) in [6.45, 7) is 4.82. The van der Waals surface area contributed by atoms with Crippen molar-refractivity contribution >= 4 is 0 Å². The predicted octanol–water partition coefficient (Wildman–Crippen LogP) is 2.41. The molecule has 0 aliphatic heterocycles. The van der Waals surface area contributed by atoms with Crippen LogP contribution in [0.15, 0.2) is 53.5 Å². The number of benzene rings is 1. The number of pyridine rings is 1. The molecule has 1 aromatic heterocycles. The normalized spacial score (nSPS) is 10.9. The van der Waals surface area contributed by atoms with E-state index in [0.717, 1.165) is 25.2 Å². The van der Waals surface area contributed by atoms with E-state index < -0.39 is 0 Å². The van der Waals surface area contributed by atoms with E-state index in [9.17, 15) is 4.79 Å². The highest BCUT2D eigenvalue weighted by molar-refractivity contribution is 5.15. The summed E-state index contributed by atoms with van der Waals surface area (Å²) in [5, 5.41) is 0. The zero-order chi connectivity index (χ0) is 13.7. The van der Waals surface area contributed by atoms with Gasteiger partial charge in [0.05, 0.1) is 0 Å². The second-order valence-corrected chi connectivity index (χ2v) is 4.77. The lowest BCUT2D eigenvalue weighted by molar-refractivity contribution is 0.271. The molecule has 0 bridgehead atoms. The molecule has 0 spiro atoms. The van der Waals surface area contributed by atoms with Crippen LogP contribution in [-0.2, 0) is 20.1 Å². The van der Waals surface area contributed by atoms with Crippen molar-refractivity contribution in [3.8, 4) is 0 Å². The average molecular weight is 256 g/mol. The second kappa shape index (κ2) is 6.34. The molecule has 3 nitrogen and oxygen atoms in total. The first-order valence-electron chi connectivity index (χ1n) is 6.61. The van der Waals surface area contributed by atoms with Crippen LogP contribution in [0, 0.1) is 0 Å². The minimum Gasteiger partial charge on any atom is -0.319 e. The van der Waals surface area contributed by atoms with Gasteiger partial charge < -0.3 is 4.57 Å². The van der Waals surface area contributed by atoms with Gasteiger partial charge in [-0.1, -0.05) is 37.3 Å². The quantitative estimate of drug-likeness (QED) is 0.821. The SMILES string of the molecule is CCN(Cc1ccccc1)Cc1ccn(C)c(=O)c1. The van der Waals surface area contributed by atoms with Gasteiger partial charge in [-0.05, 0) is 23.7 Å². The summed E-state index contributed by atoms with van der Waals surface area (Å²) >= 11 is 0. The Bertz CT molecular complexity index is 575. The van der Waals surface area contributed by atoms with E-state index in [4.69, 9.17) is 0 Å². The molecule has 2 rings (SSSR count). The molecule has 0 amide bonds. The van der Waals surface area contributed by atoms with E-state index in [1.54, 1.807) is 17.7 Å². The third-order valence-corrected chi connectivity index (χ3v) is 3.27. The summed E-state index contributed by atoms with van der Waals surface area (Å²) in [6, 6.07) is 14.1. The largest absolute Gasteiger partial charge is 0.319 e. The van der Waals surface area contributed by atoms with Crippen LogP contribution in [0.5, 0.6) is 0 Å². The third-order valence-electron chi connectivity index (χ3n) is 3.27. The highest BCUT2D eigenvalue weighted by Crippen LogP contribution is 2.08. The molecule has 0 aliphatic rings. The molecular formula is C16H20N2O. The maximum Gasteiger partial charge on any atom is 0.250 e. The molecule has 19 heavy (non-hydrogen) atoms. The maximum atomic E-state index is 11.6. The summed E-state index contributed by atoms with van der Waals surface area (Å²) in [5.74, 6) is 0. The first-order valence-corrected chi connectivity index (χ1v) is 6.61. The van der Waals surface area contributed by atoms with Crippen LogP contribution in [0.1, 0.15) is 18.1 Å². The van der Waals surface area contributed by atoms with E-state index in [0.29, 0.717) is 0 Å². The molecular weight excluding hydrogens is 236 g/mol. The molecule has 1 aromatic carbocycles. The van der Waals surface area contributed by atoms with Crippen molar-refractivity contribution in [2.75, 3.05) is 6.54 Å². The third kappa shape index (κ3) is 3.80. The van der Waals surface area contributed by atoms with E-state index in [2.05, 4.69) is 36.1 Å². The van der Waals surface area contributed by atoms with Gasteiger partial charge in [-0.25, -0.2) is 0 Å². The molecule has 0 fully saturated rings. The van der Waals surface area contributed by atoms with Crippen molar-refractivity contribution in [1.82, 2.24) is 9.47 Å². The van der Waals surface area contributed by atoms with E-state index in [1.807, 2.05) is 18.3 Å². The summed E-state index contributed by atoms with van der Waals surface area (Å²) in [6.07, 6.45) is 1.83. The number of rotatable bonds is 5. The molecule has 0 atom stereocenters. The summed E-state index contributed by atoms with van der Waals surface area (Å²) in [7, 11) is 1.77. The van der Waals surface area contributed by atoms with Crippen LogP contribution in [0.3, 0.4) is 0 Å². The molecule has 0 N–H and O–H groups in total. The van der Waals surface area contributed by atoms with Crippen molar-refractivity contribution in [1.29, 1.82) is 0 Å². The number of aromatic nitrogens is 1. The van der Waals surface area contributed by atoms with Crippen LogP contribution in [-0.4, -0.2) is 16.0 Å². The van der Waals surface area contributed by atoms with E-state index in [1.165, 1.54) is 5.56 Å². The molecule has 3 heteroatoms. The Morgan fingerprint density at radius 1 is 1.05 bits per heavy atom. The van der Waals surface area contributed by atoms with Gasteiger partial charge in [0.25, 0.3) is 5.56 Å². The Morgan fingerprint density at radius 3 is 2.37 bits per heavy atom. The number of nitrogens with zero attached hydrogens (tertiary/aromatic N) is 2. The predicted molar refractivity (Wildman–Crippen MR) is 77.9 cm³/mol. The van der Waals surface area contributed by atoms with Crippen molar-refractivity contribution in [2.45, 2.75) is 20.0 Å². The fourth-order valence-corrected chi connectivity index (χ4v) is 2.07. The van der Waals surface area contributed by atoms with Crippen LogP contribution >= 0.6 is 0 Å². The van der Waals surface area contributed by atoms with Crippen molar-refractivity contribution < 1.29 is 0 Å². The molecule has 0 saturated carbocycles. The van der Waals surface area contributed by atoms with Crippen LogP contribution < -0.4 is 5.56 Å².